The number of carbonyl (C=O) groups is 2. The lowest BCUT2D eigenvalue weighted by Gasteiger charge is -2.56. The molecule has 0 radical (unpaired) electrons. The van der Waals surface area contributed by atoms with Gasteiger partial charge in [0.2, 0.25) is 5.91 Å². The van der Waals surface area contributed by atoms with Gasteiger partial charge in [-0.1, -0.05) is 0 Å². The summed E-state index contributed by atoms with van der Waals surface area (Å²) in [6.07, 6.45) is 7.36. The van der Waals surface area contributed by atoms with E-state index in [9.17, 15) is 9.59 Å². The molecule has 106 valence electrons. The van der Waals surface area contributed by atoms with E-state index in [4.69, 9.17) is 0 Å². The number of nitrogens with zero attached hydrogens (tertiary/aromatic N) is 4. The lowest BCUT2D eigenvalue weighted by Crippen LogP contribution is -2.65. The van der Waals surface area contributed by atoms with Gasteiger partial charge in [-0.3, -0.25) is 14.6 Å². The van der Waals surface area contributed by atoms with Gasteiger partial charge < -0.3 is 9.80 Å². The first-order valence-electron chi connectivity index (χ1n) is 6.96. The largest absolute Gasteiger partial charge is 0.337 e. The van der Waals surface area contributed by atoms with Crippen molar-refractivity contribution < 1.29 is 9.59 Å². The van der Waals surface area contributed by atoms with Crippen LogP contribution in [0.15, 0.2) is 18.6 Å². The average molecular weight is 274 g/mol. The Morgan fingerprint density at radius 3 is 2.35 bits per heavy atom. The molecule has 1 spiro atoms. The fourth-order valence-electron chi connectivity index (χ4n) is 3.25. The van der Waals surface area contributed by atoms with E-state index in [1.165, 1.54) is 12.4 Å². The molecule has 20 heavy (non-hydrogen) atoms. The lowest BCUT2D eigenvalue weighted by atomic mass is 9.76. The third kappa shape index (κ3) is 2.05. The van der Waals surface area contributed by atoms with Gasteiger partial charge in [0, 0.05) is 44.5 Å². The van der Waals surface area contributed by atoms with Gasteiger partial charge in [-0.15, -0.1) is 0 Å². The SMILES string of the molecule is CC(=O)N1CCC12CCN(C(=O)c1cnccn1)CC2. The van der Waals surface area contributed by atoms with E-state index < -0.39 is 0 Å². The molecule has 0 saturated carbocycles. The van der Waals surface area contributed by atoms with E-state index in [0.29, 0.717) is 18.8 Å². The molecule has 2 fully saturated rings. The number of hydrogen-bond acceptors (Lipinski definition) is 4. The molecule has 0 N–H and O–H groups in total. The van der Waals surface area contributed by atoms with E-state index >= 15 is 0 Å². The maximum atomic E-state index is 12.3. The highest BCUT2D eigenvalue weighted by molar-refractivity contribution is 5.92. The van der Waals surface area contributed by atoms with Gasteiger partial charge in [-0.05, 0) is 19.3 Å². The molecule has 1 aromatic heterocycles. The predicted octanol–water partition coefficient (Wildman–Crippen LogP) is 0.704. The van der Waals surface area contributed by atoms with Crippen LogP contribution in [0.5, 0.6) is 0 Å². The molecular formula is C14H18N4O2. The second kappa shape index (κ2) is 4.85. The molecule has 6 nitrogen and oxygen atoms in total. The summed E-state index contributed by atoms with van der Waals surface area (Å²) < 4.78 is 0. The zero-order valence-corrected chi connectivity index (χ0v) is 11.6. The van der Waals surface area contributed by atoms with Gasteiger partial charge in [0.15, 0.2) is 0 Å². The Labute approximate surface area is 117 Å². The molecule has 0 aliphatic carbocycles. The molecule has 0 bridgehead atoms. The lowest BCUT2D eigenvalue weighted by molar-refractivity contribution is -0.148. The van der Waals surface area contributed by atoms with E-state index in [1.807, 2.05) is 9.80 Å². The highest BCUT2D eigenvalue weighted by Gasteiger charge is 2.48. The number of hydrogen-bond donors (Lipinski definition) is 0. The van der Waals surface area contributed by atoms with Crippen molar-refractivity contribution in [3.63, 3.8) is 0 Å². The summed E-state index contributed by atoms with van der Waals surface area (Å²) in [5.74, 6) is 0.0756. The van der Waals surface area contributed by atoms with Crippen LogP contribution in [0.2, 0.25) is 0 Å². The van der Waals surface area contributed by atoms with Gasteiger partial charge in [0.05, 0.1) is 6.20 Å². The number of amides is 2. The van der Waals surface area contributed by atoms with Crippen LogP contribution < -0.4 is 0 Å². The standard InChI is InChI=1S/C14H18N4O2/c1-11(19)18-9-4-14(18)2-7-17(8-3-14)13(20)12-10-15-5-6-16-12/h5-6,10H,2-4,7-9H2,1H3. The summed E-state index contributed by atoms with van der Waals surface area (Å²) in [4.78, 5) is 35.6. The van der Waals surface area contributed by atoms with Crippen LogP contribution in [0.4, 0.5) is 0 Å². The normalized spacial score (nSPS) is 20.6. The Hall–Kier alpha value is -1.98. The number of rotatable bonds is 1. The fraction of sp³-hybridized carbons (Fsp3) is 0.571. The zero-order valence-electron chi connectivity index (χ0n) is 11.6. The molecule has 2 aliphatic heterocycles. The summed E-state index contributed by atoms with van der Waals surface area (Å²) in [5, 5.41) is 0. The first-order chi connectivity index (χ1) is 9.62. The molecule has 6 heteroatoms. The molecule has 3 rings (SSSR count). The second-order valence-corrected chi connectivity index (χ2v) is 5.53. The summed E-state index contributed by atoms with van der Waals surface area (Å²) in [7, 11) is 0. The second-order valence-electron chi connectivity index (χ2n) is 5.53. The first-order valence-corrected chi connectivity index (χ1v) is 6.96. The summed E-state index contributed by atoms with van der Waals surface area (Å²) in [6.45, 7) is 3.84. The average Bonchev–Trinajstić information content (AvgIpc) is 2.46. The highest BCUT2D eigenvalue weighted by Crippen LogP contribution is 2.39. The van der Waals surface area contributed by atoms with Crippen LogP contribution in [0, 0.1) is 0 Å². The molecule has 2 saturated heterocycles. The van der Waals surface area contributed by atoms with E-state index in [1.54, 1.807) is 13.1 Å². The van der Waals surface area contributed by atoms with Crippen molar-refractivity contribution in [1.82, 2.24) is 19.8 Å². The van der Waals surface area contributed by atoms with Crippen molar-refractivity contribution in [3.05, 3.63) is 24.3 Å². The Balaban J connectivity index is 1.65. The Morgan fingerprint density at radius 1 is 1.15 bits per heavy atom. The van der Waals surface area contributed by atoms with Gasteiger partial charge in [0.25, 0.3) is 5.91 Å². The fourth-order valence-corrected chi connectivity index (χ4v) is 3.25. The molecule has 2 aliphatic rings. The van der Waals surface area contributed by atoms with Crippen LogP contribution >= 0.6 is 0 Å². The van der Waals surface area contributed by atoms with Crippen LogP contribution in [0.3, 0.4) is 0 Å². The minimum atomic E-state index is -0.0679. The molecule has 2 amide bonds. The Bertz CT molecular complexity index is 523. The topological polar surface area (TPSA) is 66.4 Å². The van der Waals surface area contributed by atoms with E-state index in [-0.39, 0.29) is 17.4 Å². The Kier molecular flexibility index (Phi) is 3.16. The number of carbonyl (C=O) groups excluding carboxylic acids is 2. The quantitative estimate of drug-likeness (QED) is 0.756. The van der Waals surface area contributed by atoms with Crippen molar-refractivity contribution in [1.29, 1.82) is 0 Å². The van der Waals surface area contributed by atoms with Crippen molar-refractivity contribution in [2.24, 2.45) is 0 Å². The summed E-state index contributed by atoms with van der Waals surface area (Å²) in [6, 6.07) is 0. The maximum absolute atomic E-state index is 12.3. The zero-order chi connectivity index (χ0) is 14.2. The maximum Gasteiger partial charge on any atom is 0.274 e. The minimum absolute atomic E-state index is 0.00494. The van der Waals surface area contributed by atoms with Crippen molar-refractivity contribution in [2.45, 2.75) is 31.7 Å². The van der Waals surface area contributed by atoms with Gasteiger partial charge in [-0.2, -0.15) is 0 Å². The van der Waals surface area contributed by atoms with Crippen molar-refractivity contribution >= 4 is 11.8 Å². The van der Waals surface area contributed by atoms with Crippen molar-refractivity contribution in [3.8, 4) is 0 Å². The predicted molar refractivity (Wildman–Crippen MR) is 71.9 cm³/mol. The monoisotopic (exact) mass is 274 g/mol. The van der Waals surface area contributed by atoms with E-state index in [0.717, 1.165) is 25.8 Å². The van der Waals surface area contributed by atoms with Crippen LogP contribution in [0.1, 0.15) is 36.7 Å². The molecular weight excluding hydrogens is 256 g/mol. The van der Waals surface area contributed by atoms with Crippen LogP contribution in [-0.4, -0.2) is 56.8 Å². The number of aromatic nitrogens is 2. The van der Waals surface area contributed by atoms with Crippen LogP contribution in [-0.2, 0) is 4.79 Å². The third-order valence-corrected chi connectivity index (χ3v) is 4.52. The van der Waals surface area contributed by atoms with Crippen molar-refractivity contribution in [2.75, 3.05) is 19.6 Å². The smallest absolute Gasteiger partial charge is 0.274 e. The van der Waals surface area contributed by atoms with Crippen LogP contribution in [0.25, 0.3) is 0 Å². The highest BCUT2D eigenvalue weighted by atomic mass is 16.2. The minimum Gasteiger partial charge on any atom is -0.337 e. The molecule has 0 unspecified atom stereocenters. The Morgan fingerprint density at radius 2 is 1.85 bits per heavy atom. The number of likely N-dealkylation sites (tertiary alicyclic amines) is 2. The molecule has 1 aromatic rings. The van der Waals surface area contributed by atoms with Gasteiger partial charge >= 0.3 is 0 Å². The van der Waals surface area contributed by atoms with Gasteiger partial charge in [-0.25, -0.2) is 4.98 Å². The first kappa shape index (κ1) is 13.0. The summed E-state index contributed by atoms with van der Waals surface area (Å²) in [5.41, 5.74) is 0.394. The third-order valence-electron chi connectivity index (χ3n) is 4.52. The van der Waals surface area contributed by atoms with E-state index in [2.05, 4.69) is 9.97 Å². The van der Waals surface area contributed by atoms with Gasteiger partial charge in [0.1, 0.15) is 5.69 Å². The summed E-state index contributed by atoms with van der Waals surface area (Å²) >= 11 is 0. The number of piperidine rings is 1. The molecule has 3 heterocycles. The molecule has 0 aromatic carbocycles. The molecule has 0 atom stereocenters.